The average molecular weight is 202 g/mol. The second kappa shape index (κ2) is 9.06. The second-order valence-corrected chi connectivity index (χ2v) is 2.47. The maximum Gasteiger partial charge on any atom is 0 e. The molecule has 2 heteroatoms. The summed E-state index contributed by atoms with van der Waals surface area (Å²) >= 11 is 0. The van der Waals surface area contributed by atoms with Crippen molar-refractivity contribution in [2.24, 2.45) is 0 Å². The van der Waals surface area contributed by atoms with Crippen LogP contribution in [0.25, 0.3) is 0 Å². The Kier molecular flexibility index (Phi) is 12.8. The number of rotatable bonds is 0. The van der Waals surface area contributed by atoms with E-state index in [4.69, 9.17) is 0 Å². The Bertz CT molecular complexity index is 26.5. The van der Waals surface area contributed by atoms with Gasteiger partial charge in [0, 0.05) is 34.7 Å². The molecule has 0 saturated heterocycles. The molecule has 0 unspecified atom stereocenters. The third-order valence-electron chi connectivity index (χ3n) is 1.75. The molecular weight excluding hydrogens is 188 g/mol. The first-order valence-electron chi connectivity index (χ1n) is 3.50. The summed E-state index contributed by atoms with van der Waals surface area (Å²) in [6.45, 7) is 0. The molecule has 0 bridgehead atoms. The van der Waals surface area contributed by atoms with Gasteiger partial charge in [0.05, 0.1) is 0 Å². The van der Waals surface area contributed by atoms with Crippen LogP contribution >= 0.6 is 0 Å². The summed E-state index contributed by atoms with van der Waals surface area (Å²) in [6, 6.07) is 0. The molecule has 0 amide bonds. The summed E-state index contributed by atoms with van der Waals surface area (Å²) < 4.78 is 0. The molecule has 0 aliphatic heterocycles. The summed E-state index contributed by atoms with van der Waals surface area (Å²) in [4.78, 5) is 0. The molecule has 1 rings (SSSR count). The first kappa shape index (κ1) is 12.7. The first-order chi connectivity index (χ1) is 3.50. The van der Waals surface area contributed by atoms with E-state index in [0.29, 0.717) is 0 Å². The van der Waals surface area contributed by atoms with E-state index in [-0.39, 0.29) is 34.7 Å². The zero-order chi connectivity index (χ0) is 4.95. The fraction of sp³-hybridized carbons (Fsp3) is 1.00. The summed E-state index contributed by atoms with van der Waals surface area (Å²) in [5.74, 6) is 0. The van der Waals surface area contributed by atoms with E-state index in [9.17, 15) is 0 Å². The smallest absolute Gasteiger partial charge is 0 e. The summed E-state index contributed by atoms with van der Waals surface area (Å²) in [5, 5.41) is 0. The second-order valence-electron chi connectivity index (χ2n) is 2.47. The average Bonchev–Trinajstić information content (AvgIpc) is 1.90. The SMILES string of the molecule is C1CCCCCC1.[Cr].[Cr]. The van der Waals surface area contributed by atoms with E-state index in [1.54, 1.807) is 0 Å². The Balaban J connectivity index is 0. The van der Waals surface area contributed by atoms with Gasteiger partial charge in [0.2, 0.25) is 0 Å². The molecule has 1 aliphatic carbocycles. The van der Waals surface area contributed by atoms with Gasteiger partial charge in [-0.25, -0.2) is 0 Å². The van der Waals surface area contributed by atoms with Crippen LogP contribution in [0.5, 0.6) is 0 Å². The number of hydrogen-bond acceptors (Lipinski definition) is 0. The zero-order valence-electron chi connectivity index (χ0n) is 5.77. The summed E-state index contributed by atoms with van der Waals surface area (Å²) in [6.07, 6.45) is 10.5. The molecular formula is C7H14Cr2. The molecule has 9 heavy (non-hydrogen) atoms. The van der Waals surface area contributed by atoms with E-state index in [1.165, 1.54) is 44.9 Å². The number of hydrogen-bond donors (Lipinski definition) is 0. The molecule has 1 saturated carbocycles. The molecule has 54 valence electrons. The van der Waals surface area contributed by atoms with Gasteiger partial charge in [-0.2, -0.15) is 0 Å². The minimum atomic E-state index is 0. The van der Waals surface area contributed by atoms with Crippen LogP contribution < -0.4 is 0 Å². The Labute approximate surface area is 79.7 Å². The molecule has 1 fully saturated rings. The molecule has 0 heterocycles. The van der Waals surface area contributed by atoms with Crippen LogP contribution in [0.2, 0.25) is 0 Å². The van der Waals surface area contributed by atoms with E-state index >= 15 is 0 Å². The van der Waals surface area contributed by atoms with Gasteiger partial charge in [-0.05, 0) is 0 Å². The van der Waals surface area contributed by atoms with Gasteiger partial charge in [0.1, 0.15) is 0 Å². The normalized spacial score (nSPS) is 18.7. The molecule has 0 aromatic heterocycles. The van der Waals surface area contributed by atoms with Crippen molar-refractivity contribution < 1.29 is 34.7 Å². The fourth-order valence-corrected chi connectivity index (χ4v) is 1.24. The quantitative estimate of drug-likeness (QED) is 0.530. The summed E-state index contributed by atoms with van der Waals surface area (Å²) in [5.41, 5.74) is 0. The van der Waals surface area contributed by atoms with Gasteiger partial charge < -0.3 is 0 Å². The molecule has 0 N–H and O–H groups in total. The first-order valence-corrected chi connectivity index (χ1v) is 3.50. The molecule has 0 aromatic rings. The van der Waals surface area contributed by atoms with Gasteiger partial charge >= 0.3 is 0 Å². The Morgan fingerprint density at radius 1 is 0.333 bits per heavy atom. The topological polar surface area (TPSA) is 0 Å². The van der Waals surface area contributed by atoms with Crippen LogP contribution in [0.1, 0.15) is 44.9 Å². The molecule has 0 radical (unpaired) electrons. The van der Waals surface area contributed by atoms with Crippen LogP contribution in [0.15, 0.2) is 0 Å². The van der Waals surface area contributed by atoms with E-state index in [2.05, 4.69) is 0 Å². The Hall–Kier alpha value is 1.06. The maximum atomic E-state index is 1.50. The van der Waals surface area contributed by atoms with Crippen molar-refractivity contribution in [3.8, 4) is 0 Å². The van der Waals surface area contributed by atoms with Crippen molar-refractivity contribution in [2.45, 2.75) is 44.9 Å². The summed E-state index contributed by atoms with van der Waals surface area (Å²) in [7, 11) is 0. The van der Waals surface area contributed by atoms with Gasteiger partial charge in [0.25, 0.3) is 0 Å². The van der Waals surface area contributed by atoms with E-state index in [0.717, 1.165) is 0 Å². The molecule has 0 nitrogen and oxygen atoms in total. The van der Waals surface area contributed by atoms with Crippen LogP contribution in [0.3, 0.4) is 0 Å². The van der Waals surface area contributed by atoms with Crippen LogP contribution in [0.4, 0.5) is 0 Å². The van der Waals surface area contributed by atoms with Crippen molar-refractivity contribution in [1.82, 2.24) is 0 Å². The van der Waals surface area contributed by atoms with Crippen LogP contribution in [-0.2, 0) is 34.7 Å². The Morgan fingerprint density at radius 3 is 0.556 bits per heavy atom. The van der Waals surface area contributed by atoms with Crippen molar-refractivity contribution in [3.05, 3.63) is 0 Å². The predicted octanol–water partition coefficient (Wildman–Crippen LogP) is 2.73. The van der Waals surface area contributed by atoms with Crippen molar-refractivity contribution in [2.75, 3.05) is 0 Å². The van der Waals surface area contributed by atoms with Crippen molar-refractivity contribution in [3.63, 3.8) is 0 Å². The molecule has 0 spiro atoms. The van der Waals surface area contributed by atoms with Crippen LogP contribution in [0, 0.1) is 0 Å². The fourth-order valence-electron chi connectivity index (χ4n) is 1.24. The van der Waals surface area contributed by atoms with E-state index < -0.39 is 0 Å². The van der Waals surface area contributed by atoms with Gasteiger partial charge in [-0.15, -0.1) is 0 Å². The van der Waals surface area contributed by atoms with Crippen LogP contribution in [-0.4, -0.2) is 0 Å². The van der Waals surface area contributed by atoms with Gasteiger partial charge in [0.15, 0.2) is 0 Å². The third kappa shape index (κ3) is 6.96. The van der Waals surface area contributed by atoms with Gasteiger partial charge in [-0.1, -0.05) is 44.9 Å². The molecule has 0 atom stereocenters. The van der Waals surface area contributed by atoms with Crippen molar-refractivity contribution >= 4 is 0 Å². The maximum absolute atomic E-state index is 1.50. The monoisotopic (exact) mass is 202 g/mol. The third-order valence-corrected chi connectivity index (χ3v) is 1.75. The minimum absolute atomic E-state index is 0. The molecule has 1 aliphatic rings. The standard InChI is InChI=1S/C7H14.2Cr/c1-2-4-6-7-5-3-1;;/h1-7H2;;. The predicted molar refractivity (Wildman–Crippen MR) is 32.3 cm³/mol. The van der Waals surface area contributed by atoms with Crippen molar-refractivity contribution in [1.29, 1.82) is 0 Å². The zero-order valence-corrected chi connectivity index (χ0v) is 8.32. The van der Waals surface area contributed by atoms with Gasteiger partial charge in [-0.3, -0.25) is 0 Å². The Morgan fingerprint density at radius 2 is 0.444 bits per heavy atom. The van der Waals surface area contributed by atoms with E-state index in [1.807, 2.05) is 0 Å². The minimum Gasteiger partial charge on any atom is -0.0533 e. The largest absolute Gasteiger partial charge is 0.0533 e. The molecule has 0 aromatic carbocycles.